The summed E-state index contributed by atoms with van der Waals surface area (Å²) in [4.78, 5) is 19.0. The molecule has 4 aromatic heterocycles. The van der Waals surface area contributed by atoms with Crippen molar-refractivity contribution in [3.8, 4) is 17.1 Å². The lowest BCUT2D eigenvalue weighted by molar-refractivity contribution is 0.490. The molecule has 0 aliphatic heterocycles. The van der Waals surface area contributed by atoms with Gasteiger partial charge in [-0.25, -0.2) is 9.67 Å². The minimum Gasteiger partial charge on any atom is -0.467 e. The van der Waals surface area contributed by atoms with E-state index in [-0.39, 0.29) is 5.56 Å². The van der Waals surface area contributed by atoms with Crippen LogP contribution in [-0.4, -0.2) is 13.9 Å². The molecule has 0 amide bonds. The molecule has 6 rings (SSSR count). The quantitative estimate of drug-likeness (QED) is 0.320. The van der Waals surface area contributed by atoms with Crippen LogP contribution in [0.3, 0.4) is 0 Å². The van der Waals surface area contributed by atoms with Crippen LogP contribution < -0.4 is 10.4 Å². The Morgan fingerprint density at radius 1 is 1.00 bits per heavy atom. The van der Waals surface area contributed by atoms with Crippen LogP contribution in [-0.2, 0) is 13.6 Å². The highest BCUT2D eigenvalue weighted by Crippen LogP contribution is 2.29. The van der Waals surface area contributed by atoms with Crippen LogP contribution in [0.2, 0.25) is 0 Å². The second-order valence-electron chi connectivity index (χ2n) is 8.24. The number of benzene rings is 2. The summed E-state index contributed by atoms with van der Waals surface area (Å²) in [5.74, 6) is 1.52. The number of rotatable bonds is 5. The van der Waals surface area contributed by atoms with Crippen LogP contribution in [0.5, 0.6) is 0 Å². The minimum atomic E-state index is -0.167. The second kappa shape index (κ2) is 8.48. The Morgan fingerprint density at radius 2 is 1.80 bits per heavy atom. The number of fused-ring (bicyclic) bond motifs is 1. The molecule has 0 aliphatic carbocycles. The smallest absolute Gasteiger partial charge is 0.297 e. The zero-order valence-electron chi connectivity index (χ0n) is 19.2. The van der Waals surface area contributed by atoms with E-state index in [9.17, 15) is 4.79 Å². The van der Waals surface area contributed by atoms with Crippen LogP contribution in [0.1, 0.15) is 11.5 Å². The third-order valence-electron chi connectivity index (χ3n) is 6.10. The van der Waals surface area contributed by atoms with Crippen molar-refractivity contribution < 1.29 is 8.83 Å². The molecule has 0 radical (unpaired) electrons. The molecule has 6 aromatic rings. The first-order valence-corrected chi connectivity index (χ1v) is 12.1. The lowest BCUT2D eigenvalue weighted by atomic mass is 10.2. The van der Waals surface area contributed by atoms with Crippen molar-refractivity contribution in [2.45, 2.75) is 13.5 Å². The summed E-state index contributed by atoms with van der Waals surface area (Å²) < 4.78 is 17.3. The van der Waals surface area contributed by atoms with Gasteiger partial charge in [-0.05, 0) is 43.3 Å². The molecule has 0 aliphatic rings. The van der Waals surface area contributed by atoms with E-state index in [1.165, 1.54) is 11.3 Å². The molecule has 4 heterocycles. The number of hydrogen-bond acceptors (Lipinski definition) is 5. The van der Waals surface area contributed by atoms with Gasteiger partial charge in [0.25, 0.3) is 5.56 Å². The standard InChI is InChI=1S/C27H22N4O3S/c1-18-25(26(32)31(29(18)2)20-10-4-3-5-11-20)28-27-30(16-21-12-8-14-33-21)22(17-35-27)24-15-19-9-6-7-13-23(19)34-24/h3-15,17H,16H2,1-2H3. The van der Waals surface area contributed by atoms with Crippen LogP contribution in [0.15, 0.2) is 103 Å². The lowest BCUT2D eigenvalue weighted by Crippen LogP contribution is -2.20. The Hall–Kier alpha value is -4.30. The molecule has 7 nitrogen and oxygen atoms in total. The van der Waals surface area contributed by atoms with Crippen molar-refractivity contribution in [3.63, 3.8) is 0 Å². The maximum absolute atomic E-state index is 13.4. The van der Waals surface area contributed by atoms with Crippen molar-refractivity contribution in [1.29, 1.82) is 0 Å². The van der Waals surface area contributed by atoms with E-state index < -0.39 is 0 Å². The average molecular weight is 483 g/mol. The SMILES string of the molecule is Cc1c(N=c2scc(-c3cc4ccccc4o3)n2Cc2ccco2)c(=O)n(-c2ccccc2)n1C. The zero-order valence-corrected chi connectivity index (χ0v) is 20.0. The van der Waals surface area contributed by atoms with Gasteiger partial charge >= 0.3 is 0 Å². The van der Waals surface area contributed by atoms with Crippen molar-refractivity contribution in [2.75, 3.05) is 0 Å². The van der Waals surface area contributed by atoms with Crippen LogP contribution in [0, 0.1) is 6.92 Å². The van der Waals surface area contributed by atoms with Crippen LogP contribution >= 0.6 is 11.3 Å². The Morgan fingerprint density at radius 3 is 2.57 bits per heavy atom. The van der Waals surface area contributed by atoms with Gasteiger partial charge in [0.05, 0.1) is 29.9 Å². The predicted molar refractivity (Wildman–Crippen MR) is 136 cm³/mol. The maximum Gasteiger partial charge on any atom is 0.297 e. The van der Waals surface area contributed by atoms with Gasteiger partial charge in [0.15, 0.2) is 16.2 Å². The van der Waals surface area contributed by atoms with Crippen LogP contribution in [0.25, 0.3) is 28.1 Å². The average Bonchev–Trinajstić information content (AvgIpc) is 3.65. The van der Waals surface area contributed by atoms with E-state index in [1.54, 1.807) is 10.9 Å². The molecule has 0 N–H and O–H groups in total. The van der Waals surface area contributed by atoms with Gasteiger partial charge in [-0.3, -0.25) is 9.48 Å². The molecule has 174 valence electrons. The molecule has 0 bridgehead atoms. The number of thiazole rings is 1. The van der Waals surface area contributed by atoms with E-state index in [1.807, 2.05) is 101 Å². The van der Waals surface area contributed by atoms with E-state index >= 15 is 0 Å². The van der Waals surface area contributed by atoms with Crippen LogP contribution in [0.4, 0.5) is 5.69 Å². The fourth-order valence-corrected chi connectivity index (χ4v) is 5.11. The highest BCUT2D eigenvalue weighted by molar-refractivity contribution is 7.07. The molecule has 0 saturated carbocycles. The minimum absolute atomic E-state index is 0.167. The molecule has 0 unspecified atom stereocenters. The summed E-state index contributed by atoms with van der Waals surface area (Å²) in [6.07, 6.45) is 1.65. The molecule has 8 heteroatoms. The van der Waals surface area contributed by atoms with Gasteiger partial charge in [0, 0.05) is 17.8 Å². The summed E-state index contributed by atoms with van der Waals surface area (Å²) in [7, 11) is 1.87. The molecule has 0 atom stereocenters. The van der Waals surface area contributed by atoms with Crippen molar-refractivity contribution in [2.24, 2.45) is 12.0 Å². The van der Waals surface area contributed by atoms with Gasteiger partial charge in [-0.2, -0.15) is 0 Å². The highest BCUT2D eigenvalue weighted by atomic mass is 32.1. The number of furan rings is 2. The summed E-state index contributed by atoms with van der Waals surface area (Å²) in [6.45, 7) is 2.37. The molecule has 0 fully saturated rings. The number of aromatic nitrogens is 3. The highest BCUT2D eigenvalue weighted by Gasteiger charge is 2.18. The topological polar surface area (TPSA) is 70.5 Å². The predicted octanol–water partition coefficient (Wildman–Crippen LogP) is 5.63. The molecule has 0 saturated heterocycles. The van der Waals surface area contributed by atoms with E-state index in [0.29, 0.717) is 17.0 Å². The van der Waals surface area contributed by atoms with Gasteiger partial charge in [0.2, 0.25) is 0 Å². The second-order valence-corrected chi connectivity index (χ2v) is 9.08. The first kappa shape index (κ1) is 21.2. The van der Waals surface area contributed by atoms with Gasteiger partial charge in [-0.1, -0.05) is 36.4 Å². The fourth-order valence-electron chi connectivity index (χ4n) is 4.21. The first-order valence-electron chi connectivity index (χ1n) is 11.2. The van der Waals surface area contributed by atoms with E-state index in [4.69, 9.17) is 13.8 Å². The van der Waals surface area contributed by atoms with Crippen molar-refractivity contribution in [1.82, 2.24) is 13.9 Å². The van der Waals surface area contributed by atoms with E-state index in [0.717, 1.165) is 39.6 Å². The first-order chi connectivity index (χ1) is 17.1. The van der Waals surface area contributed by atoms with Crippen molar-refractivity contribution in [3.05, 3.63) is 111 Å². The third kappa shape index (κ3) is 3.68. The molecular weight excluding hydrogens is 460 g/mol. The van der Waals surface area contributed by atoms with Crippen molar-refractivity contribution >= 4 is 28.0 Å². The molecule has 0 spiro atoms. The summed E-state index contributed by atoms with van der Waals surface area (Å²) in [5.41, 5.74) is 3.51. The van der Waals surface area contributed by atoms with Gasteiger partial charge < -0.3 is 13.4 Å². The van der Waals surface area contributed by atoms with Gasteiger partial charge in [0.1, 0.15) is 11.3 Å². The Balaban J connectivity index is 1.54. The third-order valence-corrected chi connectivity index (χ3v) is 6.96. The zero-order chi connectivity index (χ0) is 23.9. The number of para-hydroxylation sites is 2. The summed E-state index contributed by atoms with van der Waals surface area (Å²) >= 11 is 1.46. The Bertz CT molecular complexity index is 1730. The molecular formula is C27H22N4O3S. The number of nitrogens with zero attached hydrogens (tertiary/aromatic N) is 4. The summed E-state index contributed by atoms with van der Waals surface area (Å²) in [6, 6.07) is 23.3. The summed E-state index contributed by atoms with van der Waals surface area (Å²) in [5, 5.41) is 3.04. The Kier molecular flexibility index (Phi) is 5.15. The fraction of sp³-hybridized carbons (Fsp3) is 0.111. The Labute approximate surface area is 204 Å². The lowest BCUT2D eigenvalue weighted by Gasteiger charge is -2.07. The largest absolute Gasteiger partial charge is 0.467 e. The normalized spacial score (nSPS) is 12.1. The monoisotopic (exact) mass is 482 g/mol. The number of hydrogen-bond donors (Lipinski definition) is 0. The van der Waals surface area contributed by atoms with E-state index in [2.05, 4.69) is 0 Å². The molecule has 35 heavy (non-hydrogen) atoms. The molecule has 2 aromatic carbocycles. The maximum atomic E-state index is 13.4. The van der Waals surface area contributed by atoms with Gasteiger partial charge in [-0.15, -0.1) is 11.3 Å².